The lowest BCUT2D eigenvalue weighted by Gasteiger charge is -2.15. The molecule has 0 radical (unpaired) electrons. The SMILES string of the molecule is Cc1ccc(O)c(CN[C@@H](C)c2cccc(Cl)c2)c1. The molecule has 1 atom stereocenters. The predicted octanol–water partition coefficient (Wildman–Crippen LogP) is 4.20. The van der Waals surface area contributed by atoms with Gasteiger partial charge in [-0.05, 0) is 37.6 Å². The number of nitrogens with one attached hydrogen (secondary N) is 1. The van der Waals surface area contributed by atoms with E-state index in [9.17, 15) is 5.11 Å². The van der Waals surface area contributed by atoms with Crippen LogP contribution in [0.5, 0.6) is 5.75 Å². The zero-order valence-electron chi connectivity index (χ0n) is 11.2. The monoisotopic (exact) mass is 275 g/mol. The van der Waals surface area contributed by atoms with E-state index in [1.54, 1.807) is 6.07 Å². The number of phenolic OH excluding ortho intramolecular Hbond substituents is 1. The molecule has 0 aliphatic carbocycles. The highest BCUT2D eigenvalue weighted by Crippen LogP contribution is 2.21. The van der Waals surface area contributed by atoms with Crippen molar-refractivity contribution in [2.45, 2.75) is 26.4 Å². The average Bonchev–Trinajstić information content (AvgIpc) is 2.39. The van der Waals surface area contributed by atoms with Crippen LogP contribution in [0.1, 0.15) is 29.7 Å². The van der Waals surface area contributed by atoms with Gasteiger partial charge in [0.05, 0.1) is 0 Å². The van der Waals surface area contributed by atoms with Gasteiger partial charge in [0, 0.05) is 23.2 Å². The molecule has 0 spiro atoms. The Hall–Kier alpha value is -1.51. The standard InChI is InChI=1S/C16H18ClNO/c1-11-6-7-16(19)14(8-11)10-18-12(2)13-4-3-5-15(17)9-13/h3-9,12,18-19H,10H2,1-2H3/t12-/m0/s1. The minimum absolute atomic E-state index is 0.179. The third kappa shape index (κ3) is 3.72. The van der Waals surface area contributed by atoms with Gasteiger partial charge < -0.3 is 10.4 Å². The van der Waals surface area contributed by atoms with Gasteiger partial charge in [-0.15, -0.1) is 0 Å². The second kappa shape index (κ2) is 6.09. The topological polar surface area (TPSA) is 32.3 Å². The Morgan fingerprint density at radius 2 is 2.00 bits per heavy atom. The second-order valence-corrected chi connectivity index (χ2v) is 5.23. The normalized spacial score (nSPS) is 12.4. The molecule has 2 nitrogen and oxygen atoms in total. The number of benzene rings is 2. The van der Waals surface area contributed by atoms with Crippen LogP contribution >= 0.6 is 11.6 Å². The Kier molecular flexibility index (Phi) is 4.46. The minimum Gasteiger partial charge on any atom is -0.508 e. The summed E-state index contributed by atoms with van der Waals surface area (Å²) in [6, 6.07) is 13.6. The van der Waals surface area contributed by atoms with Gasteiger partial charge in [0.25, 0.3) is 0 Å². The van der Waals surface area contributed by atoms with E-state index in [0.717, 1.165) is 21.7 Å². The van der Waals surface area contributed by atoms with Crippen molar-refractivity contribution in [2.75, 3.05) is 0 Å². The first-order valence-electron chi connectivity index (χ1n) is 6.33. The number of phenols is 1. The van der Waals surface area contributed by atoms with Crippen molar-refractivity contribution in [2.24, 2.45) is 0 Å². The van der Waals surface area contributed by atoms with Gasteiger partial charge >= 0.3 is 0 Å². The third-order valence-electron chi connectivity index (χ3n) is 3.18. The van der Waals surface area contributed by atoms with Gasteiger partial charge in [-0.25, -0.2) is 0 Å². The lowest BCUT2D eigenvalue weighted by molar-refractivity contribution is 0.460. The highest BCUT2D eigenvalue weighted by molar-refractivity contribution is 6.30. The highest BCUT2D eigenvalue weighted by Gasteiger charge is 2.07. The number of hydrogen-bond donors (Lipinski definition) is 2. The van der Waals surface area contributed by atoms with Crippen LogP contribution in [0.4, 0.5) is 0 Å². The molecule has 0 unspecified atom stereocenters. The van der Waals surface area contributed by atoms with Crippen LogP contribution in [-0.4, -0.2) is 5.11 Å². The van der Waals surface area contributed by atoms with E-state index in [4.69, 9.17) is 11.6 Å². The molecule has 0 amide bonds. The Morgan fingerprint density at radius 1 is 1.21 bits per heavy atom. The Bertz CT molecular complexity index is 568. The molecule has 2 N–H and O–H groups in total. The van der Waals surface area contributed by atoms with E-state index in [2.05, 4.69) is 12.2 Å². The van der Waals surface area contributed by atoms with Crippen molar-refractivity contribution in [3.05, 3.63) is 64.2 Å². The van der Waals surface area contributed by atoms with Crippen molar-refractivity contribution in [3.63, 3.8) is 0 Å². The molecule has 0 aromatic heterocycles. The maximum absolute atomic E-state index is 9.80. The molecule has 2 rings (SSSR count). The summed E-state index contributed by atoms with van der Waals surface area (Å²) in [5.41, 5.74) is 3.19. The van der Waals surface area contributed by atoms with Gasteiger partial charge in [0.15, 0.2) is 0 Å². The molecule has 0 saturated carbocycles. The summed E-state index contributed by atoms with van der Waals surface area (Å²) in [6.45, 7) is 4.73. The summed E-state index contributed by atoms with van der Waals surface area (Å²) in [5, 5.41) is 13.9. The van der Waals surface area contributed by atoms with Gasteiger partial charge in [-0.2, -0.15) is 0 Å². The first-order valence-corrected chi connectivity index (χ1v) is 6.71. The summed E-state index contributed by atoms with van der Waals surface area (Å²) in [7, 11) is 0. The van der Waals surface area contributed by atoms with E-state index >= 15 is 0 Å². The van der Waals surface area contributed by atoms with E-state index in [1.165, 1.54) is 0 Å². The van der Waals surface area contributed by atoms with Gasteiger partial charge in [-0.1, -0.05) is 41.4 Å². The first kappa shape index (κ1) is 13.9. The van der Waals surface area contributed by atoms with Crippen LogP contribution in [0.3, 0.4) is 0 Å². The van der Waals surface area contributed by atoms with Crippen LogP contribution in [0, 0.1) is 6.92 Å². The van der Waals surface area contributed by atoms with E-state index < -0.39 is 0 Å². The lowest BCUT2D eigenvalue weighted by atomic mass is 10.1. The fraction of sp³-hybridized carbons (Fsp3) is 0.250. The minimum atomic E-state index is 0.179. The Morgan fingerprint density at radius 3 is 2.74 bits per heavy atom. The summed E-state index contributed by atoms with van der Waals surface area (Å²) >= 11 is 5.98. The molecule has 3 heteroatoms. The first-order chi connectivity index (χ1) is 9.06. The smallest absolute Gasteiger partial charge is 0.120 e. The molecule has 100 valence electrons. The Balaban J connectivity index is 2.04. The summed E-state index contributed by atoms with van der Waals surface area (Å²) in [5.74, 6) is 0.330. The largest absolute Gasteiger partial charge is 0.508 e. The molecule has 19 heavy (non-hydrogen) atoms. The van der Waals surface area contributed by atoms with Gasteiger partial charge in [0.1, 0.15) is 5.75 Å². The van der Waals surface area contributed by atoms with Crippen LogP contribution in [0.25, 0.3) is 0 Å². The molecule has 0 heterocycles. The van der Waals surface area contributed by atoms with Crippen molar-refractivity contribution >= 4 is 11.6 Å². The average molecular weight is 276 g/mol. The van der Waals surface area contributed by atoms with Crippen molar-refractivity contribution < 1.29 is 5.11 Å². The van der Waals surface area contributed by atoms with E-state index in [0.29, 0.717) is 12.3 Å². The van der Waals surface area contributed by atoms with E-state index in [-0.39, 0.29) is 6.04 Å². The summed E-state index contributed by atoms with van der Waals surface area (Å²) in [6.07, 6.45) is 0. The van der Waals surface area contributed by atoms with Crippen molar-refractivity contribution in [3.8, 4) is 5.75 Å². The van der Waals surface area contributed by atoms with Crippen LogP contribution in [0.15, 0.2) is 42.5 Å². The summed E-state index contributed by atoms with van der Waals surface area (Å²) < 4.78 is 0. The second-order valence-electron chi connectivity index (χ2n) is 4.79. The zero-order chi connectivity index (χ0) is 13.8. The maximum atomic E-state index is 9.80. The number of halogens is 1. The van der Waals surface area contributed by atoms with Crippen LogP contribution in [-0.2, 0) is 6.54 Å². The highest BCUT2D eigenvalue weighted by atomic mass is 35.5. The molecule has 0 fully saturated rings. The molecule has 2 aromatic carbocycles. The quantitative estimate of drug-likeness (QED) is 0.876. The molecule has 0 aliphatic heterocycles. The van der Waals surface area contributed by atoms with Gasteiger partial charge in [0.2, 0.25) is 0 Å². The fourth-order valence-electron chi connectivity index (χ4n) is 2.01. The van der Waals surface area contributed by atoms with Crippen LogP contribution in [0.2, 0.25) is 5.02 Å². The molecule has 0 bridgehead atoms. The number of hydrogen-bond acceptors (Lipinski definition) is 2. The van der Waals surface area contributed by atoms with Crippen molar-refractivity contribution in [1.82, 2.24) is 5.32 Å². The fourth-order valence-corrected chi connectivity index (χ4v) is 2.21. The molecule has 0 saturated heterocycles. The van der Waals surface area contributed by atoms with E-state index in [1.807, 2.05) is 43.3 Å². The molecular weight excluding hydrogens is 258 g/mol. The molecule has 2 aromatic rings. The maximum Gasteiger partial charge on any atom is 0.120 e. The van der Waals surface area contributed by atoms with Crippen molar-refractivity contribution in [1.29, 1.82) is 0 Å². The van der Waals surface area contributed by atoms with Crippen LogP contribution < -0.4 is 5.32 Å². The molecular formula is C16H18ClNO. The van der Waals surface area contributed by atoms with Gasteiger partial charge in [-0.3, -0.25) is 0 Å². The Labute approximate surface area is 119 Å². The predicted molar refractivity (Wildman–Crippen MR) is 79.6 cm³/mol. The lowest BCUT2D eigenvalue weighted by Crippen LogP contribution is -2.18. The summed E-state index contributed by atoms with van der Waals surface area (Å²) in [4.78, 5) is 0. The molecule has 0 aliphatic rings. The number of aryl methyl sites for hydroxylation is 1. The third-order valence-corrected chi connectivity index (χ3v) is 3.42. The number of aromatic hydroxyl groups is 1. The zero-order valence-corrected chi connectivity index (χ0v) is 11.9. The number of rotatable bonds is 4.